The molecule has 2 heterocycles. The van der Waals surface area contributed by atoms with Crippen molar-refractivity contribution in [3.05, 3.63) is 34.0 Å². The Bertz CT molecular complexity index is 3040. The van der Waals surface area contributed by atoms with Gasteiger partial charge in [0, 0.05) is 18.2 Å². The molecule has 2 aromatic carbocycles. The molecule has 0 spiro atoms. The predicted octanol–water partition coefficient (Wildman–Crippen LogP) is -26.4. The molecule has 4 rings (SSSR count). The molecular weight excluding hydrogens is 1130 g/mol. The summed E-state index contributed by atoms with van der Waals surface area (Å²) in [4.78, 5) is 13.8. The van der Waals surface area contributed by atoms with Crippen molar-refractivity contribution in [3.8, 4) is 23.0 Å². The quantitative estimate of drug-likeness (QED) is 0.0602. The molecule has 0 radical (unpaired) electrons. The van der Waals surface area contributed by atoms with Crippen LogP contribution in [0.2, 0.25) is 0 Å². The Labute approximate surface area is 520 Å². The van der Waals surface area contributed by atoms with E-state index >= 15 is 0 Å². The van der Waals surface area contributed by atoms with Crippen molar-refractivity contribution in [1.29, 1.82) is 0 Å². The first kappa shape index (κ1) is 74.8. The van der Waals surface area contributed by atoms with Crippen LogP contribution in [0.3, 0.4) is 0 Å². The number of benzene rings is 2. The van der Waals surface area contributed by atoms with Gasteiger partial charge in [0.2, 0.25) is 47.0 Å². The predicted molar refractivity (Wildman–Crippen MR) is 160 cm³/mol. The van der Waals surface area contributed by atoms with Gasteiger partial charge in [-0.1, -0.05) is 0 Å². The number of ether oxygens (including phenoxy) is 1. The number of aromatic hydroxyl groups is 1. The SMILES string of the molecule is O=c1c2cc(OS(=O)(=O)[O-])c(OS(=O)(=O)[O-])cc2oc2cc(OS(=O)(=O)[O-])c([C@@H]3O[C@H](COS(=O)(=O)[O-])[C@@H](OS(=O)(=O)[O-])[C@H](OS(=O)(=O)[O-])[C@H]3OS(=O)(=O)[O-])c(O)c12.[Na+].[Na+].[Na+].[Na+].[Na+].[Na+].[Na+]. The first-order valence-corrected chi connectivity index (χ1v) is 22.7. The zero-order valence-corrected chi connectivity index (χ0v) is 53.0. The molecule has 0 bridgehead atoms. The van der Waals surface area contributed by atoms with Gasteiger partial charge in [-0.25, -0.2) is 58.9 Å². The third kappa shape index (κ3) is 23.2. The summed E-state index contributed by atoms with van der Waals surface area (Å²) in [7, 11) is -43.3. The third-order valence-corrected chi connectivity index (χ3v) is 9.51. The number of rotatable bonds is 16. The first-order valence-electron chi connectivity index (χ1n) is 13.3. The summed E-state index contributed by atoms with van der Waals surface area (Å²) in [5.41, 5.74) is -5.88. The smallest absolute Gasteiger partial charge is 0.726 e. The van der Waals surface area contributed by atoms with Crippen molar-refractivity contribution in [2.24, 2.45) is 0 Å². The zero-order valence-electron chi connectivity index (χ0n) is 33.3. The Morgan fingerprint density at radius 2 is 0.892 bits per heavy atom. The fourth-order valence-corrected chi connectivity index (χ4v) is 7.81. The number of hydrogen-bond acceptors (Lipinski definition) is 32. The number of hydrogen-bond donors (Lipinski definition) is 1. The molecule has 46 heteroatoms. The van der Waals surface area contributed by atoms with Crippen LogP contribution < -0.4 is 225 Å². The maximum atomic E-state index is 13.8. The van der Waals surface area contributed by atoms with Gasteiger partial charge in [-0.3, -0.25) is 21.5 Å². The van der Waals surface area contributed by atoms with Crippen LogP contribution in [0.5, 0.6) is 23.0 Å². The Kier molecular flexibility index (Phi) is 31.9. The average molecular weight is 1140 g/mol. The molecule has 1 aliphatic heterocycles. The third-order valence-electron chi connectivity index (χ3n) is 6.56. The van der Waals surface area contributed by atoms with Crippen LogP contribution in [-0.2, 0) is 94.3 Å². The van der Waals surface area contributed by atoms with Crippen molar-refractivity contribution in [1.82, 2.24) is 0 Å². The van der Waals surface area contributed by atoms with Gasteiger partial charge in [0.05, 0.1) is 17.6 Å². The second-order valence-corrected chi connectivity index (χ2v) is 17.4. The summed E-state index contributed by atoms with van der Waals surface area (Å²) in [5.74, 6) is -6.82. The Balaban J connectivity index is -0.00000266. The van der Waals surface area contributed by atoms with E-state index in [2.05, 4.69) is 29.3 Å². The van der Waals surface area contributed by atoms with Crippen LogP contribution in [0.15, 0.2) is 27.4 Å². The molecule has 5 atom stereocenters. The minimum atomic E-state index is -6.47. The molecule has 0 amide bonds. The number of fused-ring (bicyclic) bond motifs is 2. The maximum Gasteiger partial charge on any atom is 1.00 e. The van der Waals surface area contributed by atoms with Crippen molar-refractivity contribution in [2.45, 2.75) is 30.5 Å². The maximum absolute atomic E-state index is 13.8. The molecule has 1 saturated heterocycles. The number of phenols is 1. The second kappa shape index (κ2) is 27.7. The molecule has 328 valence electrons. The monoisotopic (exact) mass is 1140 g/mol. The van der Waals surface area contributed by atoms with E-state index in [0.717, 1.165) is 0 Å². The first-order chi connectivity index (χ1) is 25.9. The van der Waals surface area contributed by atoms with E-state index in [1.165, 1.54) is 0 Å². The second-order valence-electron chi connectivity index (χ2n) is 10.4. The van der Waals surface area contributed by atoms with Crippen LogP contribution in [0.1, 0.15) is 11.7 Å². The molecule has 0 saturated carbocycles. The fraction of sp³-hybridized carbons (Fsp3) is 0.316. The van der Waals surface area contributed by atoms with Gasteiger partial charge in [0.15, 0.2) is 17.2 Å². The molecular formula is C19H11Na7O32S7. The molecule has 1 aliphatic rings. The molecule has 0 unspecified atom stereocenters. The van der Waals surface area contributed by atoms with Crippen molar-refractivity contribution in [3.63, 3.8) is 0 Å². The zero-order chi connectivity index (χ0) is 44.4. The van der Waals surface area contributed by atoms with Gasteiger partial charge in [-0.05, 0) is 0 Å². The van der Waals surface area contributed by atoms with Crippen molar-refractivity contribution < 1.29 is 341 Å². The number of phenolic OH excluding ortho intramolecular Hbond substituents is 1. The van der Waals surface area contributed by atoms with Crippen molar-refractivity contribution >= 4 is 94.7 Å². The van der Waals surface area contributed by atoms with Gasteiger partial charge in [-0.2, -0.15) is 0 Å². The van der Waals surface area contributed by atoms with Gasteiger partial charge in [0.1, 0.15) is 52.8 Å². The van der Waals surface area contributed by atoms with Crippen LogP contribution in [0.4, 0.5) is 0 Å². The molecule has 1 fully saturated rings. The fourth-order valence-electron chi connectivity index (χ4n) is 4.97. The molecule has 3 aromatic rings. The molecule has 1 aromatic heterocycles. The van der Waals surface area contributed by atoms with E-state index in [9.17, 15) is 101 Å². The molecule has 0 aliphatic carbocycles. The Morgan fingerprint density at radius 1 is 0.508 bits per heavy atom. The summed E-state index contributed by atoms with van der Waals surface area (Å²) in [6.07, 6.45) is -16.4. The van der Waals surface area contributed by atoms with Crippen molar-refractivity contribution in [2.75, 3.05) is 6.61 Å². The minimum Gasteiger partial charge on any atom is -0.726 e. The van der Waals surface area contributed by atoms with Crippen LogP contribution in [0, 0.1) is 0 Å². The van der Waals surface area contributed by atoms with E-state index in [4.69, 9.17) is 9.15 Å². The average Bonchev–Trinajstić information content (AvgIpc) is 2.95. The van der Waals surface area contributed by atoms with E-state index in [0.29, 0.717) is 0 Å². The molecule has 32 nitrogen and oxygen atoms in total. The van der Waals surface area contributed by atoms with E-state index < -0.39 is 166 Å². The van der Waals surface area contributed by atoms with Gasteiger partial charge in [0.25, 0.3) is 31.2 Å². The summed E-state index contributed by atoms with van der Waals surface area (Å²) in [5, 5.41) is 8.82. The van der Waals surface area contributed by atoms with Gasteiger partial charge in [-0.15, -0.1) is 0 Å². The molecule has 65 heavy (non-hydrogen) atoms. The van der Waals surface area contributed by atoms with Gasteiger partial charge < -0.3 is 58.7 Å². The summed E-state index contributed by atoms with van der Waals surface area (Å²) in [6.45, 7) is -2.01. The van der Waals surface area contributed by atoms with E-state index in [1.807, 2.05) is 0 Å². The Morgan fingerprint density at radius 3 is 1.31 bits per heavy atom. The van der Waals surface area contributed by atoms with E-state index in [-0.39, 0.29) is 225 Å². The summed E-state index contributed by atoms with van der Waals surface area (Å²) in [6, 6.07) is 0.308. The minimum absolute atomic E-state index is 0. The largest absolute Gasteiger partial charge is 1.00 e. The van der Waals surface area contributed by atoms with Crippen LogP contribution in [0.25, 0.3) is 21.9 Å². The standard InChI is InChI=1S/C19H18O32S7.7Na/c20-14-5-1-7(46-53(25,26)27)8(47-54(28,29)30)2-6(5)44-9-3-10(48-55(31,32)33)13(15(21)12(9)14)17-19(51-58(40,41)42)18(50-57(37,38)39)16(49-56(34,35)36)11(45-17)4-43-52(22,23)24;;;;;;;/h1-3,11,16-19,21H,4H2,(H,22,23,24)(H,25,26,27)(H,28,29,30)(H,31,32,33)(H,34,35,36)(H,37,38,39)(H,40,41,42);;;;;;;/q;7*+1/p-7/t11-,16-,17+,18+,19+;;;;;;;/m1......./s1. The topological polar surface area (TPSA) is 525 Å². The summed E-state index contributed by atoms with van der Waals surface area (Å²) < 4.78 is 280. The van der Waals surface area contributed by atoms with Gasteiger partial charge >= 0.3 is 207 Å². The van der Waals surface area contributed by atoms with E-state index in [1.54, 1.807) is 0 Å². The normalized spacial score (nSPS) is 19.2. The van der Waals surface area contributed by atoms with Crippen LogP contribution >= 0.6 is 0 Å². The summed E-state index contributed by atoms with van der Waals surface area (Å²) >= 11 is 0. The molecule has 1 N–H and O–H groups in total. The van der Waals surface area contributed by atoms with Crippen LogP contribution in [-0.4, -0.2) is 127 Å². The Hall–Kier alpha value is 3.28.